The number of amidine groups is 1. The summed E-state index contributed by atoms with van der Waals surface area (Å²) < 4.78 is 5.42. The number of aliphatic imine (C=N–C) groups is 1. The van der Waals surface area contributed by atoms with Crippen LogP contribution < -0.4 is 4.74 Å². The smallest absolute Gasteiger partial charge is 0.267 e. The molecule has 164 valence electrons. The molecule has 1 saturated heterocycles. The van der Waals surface area contributed by atoms with Crippen molar-refractivity contribution in [1.29, 1.82) is 0 Å². The Hall–Kier alpha value is -3.46. The van der Waals surface area contributed by atoms with E-state index in [4.69, 9.17) is 27.8 Å². The number of hydrogen-bond acceptors (Lipinski definition) is 4. The Morgan fingerprint density at radius 1 is 1.03 bits per heavy atom. The molecule has 6 heteroatoms. The monoisotopic (exact) mass is 472 g/mol. The fourth-order valence-electron chi connectivity index (χ4n) is 3.27. The summed E-state index contributed by atoms with van der Waals surface area (Å²) in [5.41, 5.74) is 2.93. The molecule has 0 N–H and O–H groups in total. The van der Waals surface area contributed by atoms with Gasteiger partial charge in [0.05, 0.1) is 23.0 Å². The van der Waals surface area contributed by atoms with Gasteiger partial charge in [-0.05, 0) is 46.7 Å². The number of carbonyl (C=O) groups is 1. The van der Waals surface area contributed by atoms with Crippen LogP contribution in [-0.2, 0) is 17.9 Å². The number of amides is 1. The fourth-order valence-corrected chi connectivity index (χ4v) is 4.49. The van der Waals surface area contributed by atoms with Gasteiger partial charge < -0.3 is 4.74 Å². The minimum absolute atomic E-state index is 0.0838. The number of benzene rings is 3. The number of nitrogens with zero attached hydrogens (tertiary/aromatic N) is 2. The van der Waals surface area contributed by atoms with Crippen molar-refractivity contribution in [3.8, 4) is 18.1 Å². The van der Waals surface area contributed by atoms with Gasteiger partial charge in [-0.25, -0.2) is 0 Å². The van der Waals surface area contributed by atoms with E-state index in [1.54, 1.807) is 17.0 Å². The molecule has 3 aromatic carbocycles. The Kier molecular flexibility index (Phi) is 7.51. The Bertz CT molecular complexity index is 1230. The van der Waals surface area contributed by atoms with Gasteiger partial charge in [0.25, 0.3) is 5.91 Å². The Labute approximate surface area is 202 Å². The molecule has 1 amide bonds. The third-order valence-electron chi connectivity index (χ3n) is 4.88. The lowest BCUT2D eigenvalue weighted by molar-refractivity contribution is -0.122. The quantitative estimate of drug-likeness (QED) is 0.311. The predicted octanol–water partition coefficient (Wildman–Crippen LogP) is 6.02. The van der Waals surface area contributed by atoms with E-state index < -0.39 is 0 Å². The first-order valence-corrected chi connectivity index (χ1v) is 11.5. The van der Waals surface area contributed by atoms with Crippen LogP contribution in [0, 0.1) is 12.3 Å². The van der Waals surface area contributed by atoms with Crippen LogP contribution in [0.2, 0.25) is 5.02 Å². The molecule has 1 aliphatic heterocycles. The van der Waals surface area contributed by atoms with Crippen molar-refractivity contribution in [1.82, 2.24) is 4.90 Å². The molecule has 0 aliphatic carbocycles. The van der Waals surface area contributed by atoms with Crippen LogP contribution in [0.15, 0.2) is 88.8 Å². The second-order valence-electron chi connectivity index (χ2n) is 7.25. The highest BCUT2D eigenvalue weighted by molar-refractivity contribution is 8.18. The van der Waals surface area contributed by atoms with E-state index in [2.05, 4.69) is 5.92 Å². The van der Waals surface area contributed by atoms with Crippen LogP contribution >= 0.6 is 23.4 Å². The van der Waals surface area contributed by atoms with Crippen LogP contribution in [0.5, 0.6) is 5.75 Å². The zero-order valence-electron chi connectivity index (χ0n) is 17.8. The first-order chi connectivity index (χ1) is 16.1. The Morgan fingerprint density at radius 2 is 1.73 bits per heavy atom. The summed E-state index contributed by atoms with van der Waals surface area (Å²) in [6.45, 7) is 1.10. The van der Waals surface area contributed by atoms with E-state index in [-0.39, 0.29) is 12.5 Å². The highest BCUT2D eigenvalue weighted by Crippen LogP contribution is 2.35. The molecule has 4 rings (SSSR count). The molecule has 0 spiro atoms. The molecule has 0 atom stereocenters. The van der Waals surface area contributed by atoms with Crippen LogP contribution in [0.4, 0.5) is 0 Å². The van der Waals surface area contributed by atoms with E-state index in [1.165, 1.54) is 11.8 Å². The third-order valence-corrected chi connectivity index (χ3v) is 6.22. The first-order valence-electron chi connectivity index (χ1n) is 10.3. The lowest BCUT2D eigenvalue weighted by Gasteiger charge is -2.15. The van der Waals surface area contributed by atoms with Crippen molar-refractivity contribution in [2.24, 2.45) is 4.99 Å². The first kappa shape index (κ1) is 22.7. The van der Waals surface area contributed by atoms with Gasteiger partial charge in [0, 0.05) is 0 Å². The number of hydrogen-bond donors (Lipinski definition) is 0. The molecule has 0 saturated carbocycles. The lowest BCUT2D eigenvalue weighted by Crippen LogP contribution is -2.28. The largest absolute Gasteiger partial charge is 0.479 e. The standard InChI is InChI=1S/C27H21ClN2O2S/c1-2-15-32-24-14-13-22(16-23(24)28)17-25-26(31)30(19-21-11-7-4-8-12-21)27(33-25)29-18-20-9-5-3-6-10-20/h1,3-14,16-17H,15,18-19H2/b25-17+,29-27?. The molecule has 0 radical (unpaired) electrons. The summed E-state index contributed by atoms with van der Waals surface area (Å²) >= 11 is 7.69. The second kappa shape index (κ2) is 10.9. The van der Waals surface area contributed by atoms with Crippen LogP contribution in [0.1, 0.15) is 16.7 Å². The van der Waals surface area contributed by atoms with Crippen molar-refractivity contribution >= 4 is 40.5 Å². The predicted molar refractivity (Wildman–Crippen MR) is 136 cm³/mol. The normalized spacial score (nSPS) is 15.8. The van der Waals surface area contributed by atoms with Gasteiger partial charge in [0.1, 0.15) is 12.4 Å². The zero-order chi connectivity index (χ0) is 23.0. The molecule has 3 aromatic rings. The molecular weight excluding hydrogens is 452 g/mol. The molecule has 1 heterocycles. The maximum absolute atomic E-state index is 13.3. The van der Waals surface area contributed by atoms with Gasteiger partial charge >= 0.3 is 0 Å². The van der Waals surface area contributed by atoms with Crippen molar-refractivity contribution in [3.63, 3.8) is 0 Å². The molecule has 4 nitrogen and oxygen atoms in total. The van der Waals surface area contributed by atoms with Gasteiger partial charge in [0.15, 0.2) is 5.17 Å². The number of thioether (sulfide) groups is 1. The topological polar surface area (TPSA) is 41.9 Å². The molecule has 0 aromatic heterocycles. The number of halogens is 1. The molecule has 1 fully saturated rings. The molecule has 0 bridgehead atoms. The molecule has 1 aliphatic rings. The van der Waals surface area contributed by atoms with E-state index in [9.17, 15) is 4.79 Å². The average molecular weight is 473 g/mol. The number of carbonyl (C=O) groups excluding carboxylic acids is 1. The van der Waals surface area contributed by atoms with Crippen LogP contribution in [-0.4, -0.2) is 22.6 Å². The van der Waals surface area contributed by atoms with E-state index in [1.807, 2.05) is 72.8 Å². The minimum Gasteiger partial charge on any atom is -0.479 e. The van der Waals surface area contributed by atoms with Crippen molar-refractivity contribution in [2.75, 3.05) is 6.61 Å². The van der Waals surface area contributed by atoms with E-state index in [0.29, 0.717) is 33.9 Å². The van der Waals surface area contributed by atoms with E-state index in [0.717, 1.165) is 16.7 Å². The summed E-state index contributed by atoms with van der Waals surface area (Å²) in [6, 6.07) is 25.2. The average Bonchev–Trinajstić information content (AvgIpc) is 3.12. The molecular formula is C27H21ClN2O2S. The van der Waals surface area contributed by atoms with Gasteiger partial charge in [0.2, 0.25) is 0 Å². The van der Waals surface area contributed by atoms with Gasteiger partial charge in [-0.2, -0.15) is 0 Å². The van der Waals surface area contributed by atoms with Gasteiger partial charge in [-0.1, -0.05) is 84.3 Å². The van der Waals surface area contributed by atoms with Gasteiger partial charge in [-0.3, -0.25) is 14.7 Å². The van der Waals surface area contributed by atoms with E-state index >= 15 is 0 Å². The summed E-state index contributed by atoms with van der Waals surface area (Å²) in [7, 11) is 0. The summed E-state index contributed by atoms with van der Waals surface area (Å²) in [5, 5.41) is 1.12. The maximum Gasteiger partial charge on any atom is 0.267 e. The molecule has 0 unspecified atom stereocenters. The number of rotatable bonds is 7. The summed E-state index contributed by atoms with van der Waals surface area (Å²) in [4.78, 5) is 20.4. The van der Waals surface area contributed by atoms with Crippen molar-refractivity contribution in [3.05, 3.63) is 105 Å². The van der Waals surface area contributed by atoms with Crippen LogP contribution in [0.25, 0.3) is 6.08 Å². The van der Waals surface area contributed by atoms with Gasteiger partial charge in [-0.15, -0.1) is 6.42 Å². The number of terminal acetylenes is 1. The Balaban J connectivity index is 1.60. The maximum atomic E-state index is 13.3. The third kappa shape index (κ3) is 5.87. The van der Waals surface area contributed by atoms with Crippen molar-refractivity contribution < 1.29 is 9.53 Å². The SMILES string of the molecule is C#CCOc1ccc(/C=C2/SC(=NCc3ccccc3)N(Cc3ccccc3)C2=O)cc1Cl. The highest BCUT2D eigenvalue weighted by Gasteiger charge is 2.33. The minimum atomic E-state index is -0.0838. The fraction of sp³-hybridized carbons (Fsp3) is 0.111. The van der Waals surface area contributed by atoms with Crippen LogP contribution in [0.3, 0.4) is 0 Å². The summed E-state index contributed by atoms with van der Waals surface area (Å²) in [5.74, 6) is 2.84. The second-order valence-corrected chi connectivity index (χ2v) is 8.67. The highest BCUT2D eigenvalue weighted by atomic mass is 35.5. The zero-order valence-corrected chi connectivity index (χ0v) is 19.4. The van der Waals surface area contributed by atoms with Crippen molar-refractivity contribution in [2.45, 2.75) is 13.1 Å². The summed E-state index contributed by atoms with van der Waals surface area (Å²) in [6.07, 6.45) is 7.07. The number of ether oxygens (including phenoxy) is 1. The molecule has 33 heavy (non-hydrogen) atoms. The Morgan fingerprint density at radius 3 is 2.39 bits per heavy atom. The lowest BCUT2D eigenvalue weighted by atomic mass is 10.2.